The smallest absolute Gasteiger partial charge is 0.412 e. The van der Waals surface area contributed by atoms with Crippen LogP contribution in [0.25, 0.3) is 11.0 Å². The normalized spacial score (nSPS) is 15.7. The van der Waals surface area contributed by atoms with Gasteiger partial charge in [0.25, 0.3) is 5.91 Å². The largest absolute Gasteiger partial charge is 0.497 e. The molecular formula is C24H26F3N5O3. The number of carbonyl (C=O) groups is 2. The van der Waals surface area contributed by atoms with E-state index in [0.717, 1.165) is 0 Å². The number of rotatable bonds is 7. The van der Waals surface area contributed by atoms with Crippen LogP contribution in [0, 0.1) is 0 Å². The zero-order valence-corrected chi connectivity index (χ0v) is 19.4. The number of hydrogen-bond acceptors (Lipinski definition) is 6. The Labute approximate surface area is 199 Å². The van der Waals surface area contributed by atoms with Crippen molar-refractivity contribution >= 4 is 28.4 Å². The number of methoxy groups -OCH3 is 1. The van der Waals surface area contributed by atoms with E-state index in [1.165, 1.54) is 37.6 Å². The molecule has 1 fully saturated rings. The van der Waals surface area contributed by atoms with Crippen LogP contribution < -0.4 is 15.4 Å². The molecule has 4 rings (SSSR count). The lowest BCUT2D eigenvalue weighted by atomic mass is 9.94. The summed E-state index contributed by atoms with van der Waals surface area (Å²) in [5.41, 5.74) is 0.692. The highest BCUT2D eigenvalue weighted by atomic mass is 19.4. The van der Waals surface area contributed by atoms with Gasteiger partial charge in [-0.3, -0.25) is 9.59 Å². The van der Waals surface area contributed by atoms with Crippen LogP contribution in [0.2, 0.25) is 0 Å². The summed E-state index contributed by atoms with van der Waals surface area (Å²) in [6.45, 7) is 2.42. The van der Waals surface area contributed by atoms with Crippen molar-refractivity contribution in [2.24, 2.45) is 0 Å². The van der Waals surface area contributed by atoms with Crippen molar-refractivity contribution in [3.8, 4) is 5.75 Å². The number of halogens is 3. The van der Waals surface area contributed by atoms with E-state index in [0.29, 0.717) is 48.9 Å². The fourth-order valence-corrected chi connectivity index (χ4v) is 4.26. The van der Waals surface area contributed by atoms with Gasteiger partial charge in [0, 0.05) is 31.6 Å². The highest BCUT2D eigenvalue weighted by Crippen LogP contribution is 2.35. The van der Waals surface area contributed by atoms with Gasteiger partial charge in [-0.15, -0.1) is 0 Å². The number of Topliss-reactive ketones (excluding diaryl/α,β-unsaturated/α-hetero) is 1. The average molecular weight is 489 g/mol. The quantitative estimate of drug-likeness (QED) is 0.510. The van der Waals surface area contributed by atoms with Gasteiger partial charge in [0.05, 0.1) is 29.9 Å². The Bertz CT molecular complexity index is 1230. The number of alkyl halides is 3. The lowest BCUT2D eigenvalue weighted by Crippen LogP contribution is -2.38. The van der Waals surface area contributed by atoms with Crippen molar-refractivity contribution in [2.75, 3.05) is 12.4 Å². The first-order valence-corrected chi connectivity index (χ1v) is 11.4. The number of amides is 1. The van der Waals surface area contributed by atoms with Crippen LogP contribution >= 0.6 is 0 Å². The number of nitrogens with zero attached hydrogens (tertiary/aromatic N) is 3. The minimum absolute atomic E-state index is 0.0257. The van der Waals surface area contributed by atoms with E-state index in [2.05, 4.69) is 20.7 Å². The number of fused-ring (bicyclic) bond motifs is 1. The molecular weight excluding hydrogens is 463 g/mol. The second kappa shape index (κ2) is 9.93. The standard InChI is InChI=1S/C24H26F3N5O3/c1-3-32-22-18(13-29-32)20(30-15-7-9-16(33)10-8-15)19(12-28-22)23(34)31-21(24(25,26)27)14-5-4-6-17(11-14)35-2/h4-6,11-13,15,21H,3,7-10H2,1-2H3,(H,28,30)(H,31,34). The Morgan fingerprint density at radius 1 is 1.26 bits per heavy atom. The maximum Gasteiger partial charge on any atom is 0.412 e. The van der Waals surface area contributed by atoms with E-state index in [-0.39, 0.29) is 28.7 Å². The van der Waals surface area contributed by atoms with Gasteiger partial charge in [0.15, 0.2) is 11.7 Å². The van der Waals surface area contributed by atoms with Crippen LogP contribution in [0.5, 0.6) is 5.75 Å². The van der Waals surface area contributed by atoms with Crippen LogP contribution in [0.1, 0.15) is 54.6 Å². The molecule has 11 heteroatoms. The summed E-state index contributed by atoms with van der Waals surface area (Å²) in [6.07, 6.45) is 0.0233. The first kappa shape index (κ1) is 24.5. The van der Waals surface area contributed by atoms with E-state index >= 15 is 0 Å². The maximum atomic E-state index is 14.0. The monoisotopic (exact) mass is 489 g/mol. The number of ether oxygens (including phenoxy) is 1. The summed E-state index contributed by atoms with van der Waals surface area (Å²) < 4.78 is 48.7. The summed E-state index contributed by atoms with van der Waals surface area (Å²) in [5, 5.41) is 10.2. The van der Waals surface area contributed by atoms with Crippen molar-refractivity contribution in [3.63, 3.8) is 0 Å². The van der Waals surface area contributed by atoms with Gasteiger partial charge in [0.2, 0.25) is 0 Å². The molecule has 0 bridgehead atoms. The number of ketones is 1. The minimum atomic E-state index is -4.75. The fraction of sp³-hybridized carbons (Fsp3) is 0.417. The number of aromatic nitrogens is 3. The Morgan fingerprint density at radius 3 is 2.66 bits per heavy atom. The summed E-state index contributed by atoms with van der Waals surface area (Å²) in [6, 6.07) is 3.13. The third kappa shape index (κ3) is 5.23. The predicted molar refractivity (Wildman–Crippen MR) is 123 cm³/mol. The minimum Gasteiger partial charge on any atom is -0.497 e. The van der Waals surface area contributed by atoms with Gasteiger partial charge < -0.3 is 15.4 Å². The Balaban J connectivity index is 1.71. The zero-order valence-electron chi connectivity index (χ0n) is 19.4. The van der Waals surface area contributed by atoms with Crippen LogP contribution in [0.4, 0.5) is 18.9 Å². The molecule has 0 saturated heterocycles. The Kier molecular flexibility index (Phi) is 6.95. The van der Waals surface area contributed by atoms with E-state index in [1.807, 2.05) is 6.92 Å². The summed E-state index contributed by atoms with van der Waals surface area (Å²) >= 11 is 0. The van der Waals surface area contributed by atoms with Crippen LogP contribution in [0.3, 0.4) is 0 Å². The SMILES string of the molecule is CCn1ncc2c(NC3CCC(=O)CC3)c(C(=O)NC(c3cccc(OC)c3)C(F)(F)F)cnc21. The molecule has 0 spiro atoms. The first-order chi connectivity index (χ1) is 16.7. The molecule has 2 N–H and O–H groups in total. The van der Waals surface area contributed by atoms with Crippen LogP contribution in [-0.2, 0) is 11.3 Å². The molecule has 0 aliphatic heterocycles. The third-order valence-corrected chi connectivity index (χ3v) is 6.13. The van der Waals surface area contributed by atoms with Crippen molar-refractivity contribution in [3.05, 3.63) is 47.8 Å². The Hall–Kier alpha value is -3.63. The van der Waals surface area contributed by atoms with Crippen LogP contribution in [0.15, 0.2) is 36.7 Å². The number of benzene rings is 1. The second-order valence-electron chi connectivity index (χ2n) is 8.43. The van der Waals surface area contributed by atoms with Gasteiger partial charge in [-0.05, 0) is 37.5 Å². The molecule has 1 aliphatic carbocycles. The summed E-state index contributed by atoms with van der Waals surface area (Å²) in [7, 11) is 1.36. The van der Waals surface area contributed by atoms with E-state index in [9.17, 15) is 22.8 Å². The molecule has 1 saturated carbocycles. The molecule has 1 atom stereocenters. The van der Waals surface area contributed by atoms with Crippen molar-refractivity contribution in [1.82, 2.24) is 20.1 Å². The molecule has 2 aromatic heterocycles. The molecule has 35 heavy (non-hydrogen) atoms. The van der Waals surface area contributed by atoms with E-state index in [1.54, 1.807) is 10.9 Å². The Morgan fingerprint density at radius 2 is 2.00 bits per heavy atom. The van der Waals surface area contributed by atoms with Gasteiger partial charge >= 0.3 is 6.18 Å². The fourth-order valence-electron chi connectivity index (χ4n) is 4.26. The second-order valence-corrected chi connectivity index (χ2v) is 8.43. The third-order valence-electron chi connectivity index (χ3n) is 6.13. The molecule has 1 unspecified atom stereocenters. The van der Waals surface area contributed by atoms with E-state index < -0.39 is 18.1 Å². The number of aryl methyl sites for hydroxylation is 1. The van der Waals surface area contributed by atoms with Crippen molar-refractivity contribution in [2.45, 2.75) is 57.4 Å². The van der Waals surface area contributed by atoms with Gasteiger partial charge in [-0.2, -0.15) is 18.3 Å². The molecule has 0 radical (unpaired) electrons. The molecule has 1 amide bonds. The number of nitrogens with one attached hydrogen (secondary N) is 2. The number of carbonyl (C=O) groups excluding carboxylic acids is 2. The number of hydrogen-bond donors (Lipinski definition) is 2. The maximum absolute atomic E-state index is 14.0. The molecule has 1 aliphatic rings. The molecule has 186 valence electrons. The van der Waals surface area contributed by atoms with Crippen molar-refractivity contribution < 1.29 is 27.5 Å². The molecule has 1 aromatic carbocycles. The van der Waals surface area contributed by atoms with E-state index in [4.69, 9.17) is 4.74 Å². The molecule has 8 nitrogen and oxygen atoms in total. The van der Waals surface area contributed by atoms with Gasteiger partial charge in [-0.1, -0.05) is 12.1 Å². The highest BCUT2D eigenvalue weighted by Gasteiger charge is 2.42. The van der Waals surface area contributed by atoms with Crippen molar-refractivity contribution in [1.29, 1.82) is 0 Å². The summed E-state index contributed by atoms with van der Waals surface area (Å²) in [5.74, 6) is -0.510. The van der Waals surface area contributed by atoms with Crippen LogP contribution in [-0.4, -0.2) is 45.8 Å². The zero-order chi connectivity index (χ0) is 25.2. The number of anilines is 1. The average Bonchev–Trinajstić information content (AvgIpc) is 3.27. The van der Waals surface area contributed by atoms with Gasteiger partial charge in [0.1, 0.15) is 11.5 Å². The first-order valence-electron chi connectivity index (χ1n) is 11.4. The van der Waals surface area contributed by atoms with Gasteiger partial charge in [-0.25, -0.2) is 9.67 Å². The summed E-state index contributed by atoms with van der Waals surface area (Å²) in [4.78, 5) is 29.2. The molecule has 2 heterocycles. The predicted octanol–water partition coefficient (Wildman–Crippen LogP) is 4.42. The highest BCUT2D eigenvalue weighted by molar-refractivity contribution is 6.06. The lowest BCUT2D eigenvalue weighted by Gasteiger charge is -2.26. The lowest BCUT2D eigenvalue weighted by molar-refractivity contribution is -0.155. The number of pyridine rings is 1. The molecule has 3 aromatic rings. The topological polar surface area (TPSA) is 98.1 Å².